The highest BCUT2D eigenvalue weighted by Gasteiger charge is 2.20. The van der Waals surface area contributed by atoms with Gasteiger partial charge in [-0.25, -0.2) is 4.79 Å². The minimum atomic E-state index is -0.576. The first-order valence-electron chi connectivity index (χ1n) is 13.6. The van der Waals surface area contributed by atoms with Crippen LogP contribution in [0, 0.1) is 5.92 Å². The SMILES string of the molecule is O=C(CSc1ccccc1C(=O)OCC(=O)N(Cc1ccccc1)Cc1ccccc1)NCC1CCCCC1. The highest BCUT2D eigenvalue weighted by atomic mass is 32.2. The molecular weight excluding hydrogens is 508 g/mol. The Balaban J connectivity index is 1.32. The number of rotatable bonds is 12. The summed E-state index contributed by atoms with van der Waals surface area (Å²) in [5.41, 5.74) is 2.35. The molecule has 4 rings (SSSR count). The second-order valence-electron chi connectivity index (χ2n) is 9.89. The fourth-order valence-corrected chi connectivity index (χ4v) is 5.61. The first-order valence-corrected chi connectivity index (χ1v) is 14.6. The number of benzene rings is 3. The lowest BCUT2D eigenvalue weighted by Gasteiger charge is -2.23. The average molecular weight is 545 g/mol. The number of thioether (sulfide) groups is 1. The molecule has 0 heterocycles. The van der Waals surface area contributed by atoms with E-state index in [1.54, 1.807) is 23.1 Å². The van der Waals surface area contributed by atoms with Crippen LogP contribution in [0.3, 0.4) is 0 Å². The van der Waals surface area contributed by atoms with Gasteiger partial charge in [-0.1, -0.05) is 92.1 Å². The number of nitrogens with zero attached hydrogens (tertiary/aromatic N) is 1. The van der Waals surface area contributed by atoms with E-state index in [1.807, 2.05) is 66.7 Å². The molecule has 6 nitrogen and oxygen atoms in total. The van der Waals surface area contributed by atoms with Crippen molar-refractivity contribution < 1.29 is 19.1 Å². The van der Waals surface area contributed by atoms with Crippen molar-refractivity contribution in [3.05, 3.63) is 102 Å². The van der Waals surface area contributed by atoms with Gasteiger partial charge in [0.1, 0.15) is 0 Å². The summed E-state index contributed by atoms with van der Waals surface area (Å²) in [6.07, 6.45) is 6.12. The number of hydrogen-bond donors (Lipinski definition) is 1. The third kappa shape index (κ3) is 9.29. The topological polar surface area (TPSA) is 75.7 Å². The molecule has 39 heavy (non-hydrogen) atoms. The molecule has 204 valence electrons. The van der Waals surface area contributed by atoms with Crippen LogP contribution in [0.1, 0.15) is 53.6 Å². The van der Waals surface area contributed by atoms with Crippen LogP contribution < -0.4 is 5.32 Å². The Kier molecular flexibility index (Phi) is 11.0. The molecule has 0 aliphatic heterocycles. The Morgan fingerprint density at radius 1 is 0.795 bits per heavy atom. The van der Waals surface area contributed by atoms with Crippen LogP contribution in [0.15, 0.2) is 89.8 Å². The summed E-state index contributed by atoms with van der Waals surface area (Å²) in [5.74, 6) is -0.105. The van der Waals surface area contributed by atoms with Crippen molar-refractivity contribution in [3.8, 4) is 0 Å². The van der Waals surface area contributed by atoms with Crippen LogP contribution in [0.25, 0.3) is 0 Å². The molecule has 0 saturated heterocycles. The van der Waals surface area contributed by atoms with Gasteiger partial charge in [-0.05, 0) is 42.0 Å². The summed E-state index contributed by atoms with van der Waals surface area (Å²) in [7, 11) is 0. The van der Waals surface area contributed by atoms with Crippen molar-refractivity contribution in [2.24, 2.45) is 5.92 Å². The van der Waals surface area contributed by atoms with E-state index in [9.17, 15) is 14.4 Å². The van der Waals surface area contributed by atoms with Crippen molar-refractivity contribution >= 4 is 29.5 Å². The molecule has 7 heteroatoms. The van der Waals surface area contributed by atoms with Crippen LogP contribution in [-0.4, -0.2) is 41.6 Å². The molecular formula is C32H36N2O4S. The molecule has 0 bridgehead atoms. The lowest BCUT2D eigenvalue weighted by atomic mass is 9.89. The van der Waals surface area contributed by atoms with Crippen LogP contribution >= 0.6 is 11.8 Å². The number of nitrogens with one attached hydrogen (secondary N) is 1. The number of hydrogen-bond acceptors (Lipinski definition) is 5. The summed E-state index contributed by atoms with van der Waals surface area (Å²) in [6.45, 7) is 1.18. The fraction of sp³-hybridized carbons (Fsp3) is 0.344. The summed E-state index contributed by atoms with van der Waals surface area (Å²) in [4.78, 5) is 40.9. The molecule has 1 fully saturated rings. The maximum Gasteiger partial charge on any atom is 0.339 e. The highest BCUT2D eigenvalue weighted by molar-refractivity contribution is 8.00. The third-order valence-corrected chi connectivity index (χ3v) is 7.96. The van der Waals surface area contributed by atoms with Gasteiger partial charge >= 0.3 is 5.97 Å². The normalized spacial score (nSPS) is 13.4. The molecule has 1 saturated carbocycles. The minimum absolute atomic E-state index is 0.0404. The van der Waals surface area contributed by atoms with E-state index in [2.05, 4.69) is 5.32 Å². The van der Waals surface area contributed by atoms with E-state index in [4.69, 9.17) is 4.74 Å². The fourth-order valence-electron chi connectivity index (χ4n) is 4.74. The Morgan fingerprint density at radius 3 is 2.03 bits per heavy atom. The predicted molar refractivity (Wildman–Crippen MR) is 154 cm³/mol. The largest absolute Gasteiger partial charge is 0.452 e. The van der Waals surface area contributed by atoms with Crippen molar-refractivity contribution in [2.45, 2.75) is 50.1 Å². The molecule has 1 aliphatic carbocycles. The van der Waals surface area contributed by atoms with Crippen LogP contribution in [0.5, 0.6) is 0 Å². The first kappa shape index (κ1) is 28.4. The molecule has 1 aliphatic rings. The molecule has 2 amide bonds. The molecule has 1 N–H and O–H groups in total. The first-order chi connectivity index (χ1) is 19.1. The molecule has 0 spiro atoms. The van der Waals surface area contributed by atoms with E-state index in [1.165, 1.54) is 43.9 Å². The summed E-state index contributed by atoms with van der Waals surface area (Å²) in [5, 5.41) is 3.04. The van der Waals surface area contributed by atoms with Crippen LogP contribution in [0.4, 0.5) is 0 Å². The second-order valence-corrected chi connectivity index (χ2v) is 10.9. The number of carbonyl (C=O) groups excluding carboxylic acids is 3. The number of esters is 1. The standard InChI is InChI=1S/C32H36N2O4S/c35-30(33-20-25-12-4-1-5-13-25)24-39-29-19-11-10-18-28(29)32(37)38-23-31(36)34(21-26-14-6-2-7-15-26)22-27-16-8-3-9-17-27/h2-3,6-11,14-19,25H,1,4-5,12-13,20-24H2,(H,33,35). The lowest BCUT2D eigenvalue weighted by molar-refractivity contribution is -0.135. The van der Waals surface area contributed by atoms with E-state index in [0.29, 0.717) is 36.0 Å². The van der Waals surface area contributed by atoms with Crippen LogP contribution in [0.2, 0.25) is 0 Å². The van der Waals surface area contributed by atoms with Crippen molar-refractivity contribution in [3.63, 3.8) is 0 Å². The molecule has 0 atom stereocenters. The zero-order chi connectivity index (χ0) is 27.3. The van der Waals surface area contributed by atoms with Crippen molar-refractivity contribution in [1.29, 1.82) is 0 Å². The van der Waals surface area contributed by atoms with Gasteiger partial charge in [-0.15, -0.1) is 11.8 Å². The average Bonchev–Trinajstić information content (AvgIpc) is 2.99. The van der Waals surface area contributed by atoms with E-state index in [0.717, 1.165) is 11.1 Å². The van der Waals surface area contributed by atoms with Gasteiger partial charge < -0.3 is 15.0 Å². The zero-order valence-electron chi connectivity index (χ0n) is 22.2. The molecule has 0 radical (unpaired) electrons. The van der Waals surface area contributed by atoms with Gasteiger partial charge in [-0.3, -0.25) is 9.59 Å². The molecule has 0 unspecified atom stereocenters. The monoisotopic (exact) mass is 544 g/mol. The Morgan fingerprint density at radius 2 is 1.38 bits per heavy atom. The summed E-state index contributed by atoms with van der Waals surface area (Å²) >= 11 is 1.31. The Bertz CT molecular complexity index is 1170. The smallest absolute Gasteiger partial charge is 0.339 e. The maximum atomic E-state index is 13.2. The predicted octanol–water partition coefficient (Wildman–Crippen LogP) is 5.86. The highest BCUT2D eigenvalue weighted by Crippen LogP contribution is 2.25. The number of amides is 2. The summed E-state index contributed by atoms with van der Waals surface area (Å²) in [6, 6.07) is 26.5. The van der Waals surface area contributed by atoms with Crippen molar-refractivity contribution in [1.82, 2.24) is 10.2 Å². The minimum Gasteiger partial charge on any atom is -0.452 e. The Hall–Kier alpha value is -3.58. The molecule has 3 aromatic carbocycles. The van der Waals surface area contributed by atoms with Gasteiger partial charge in [0, 0.05) is 24.5 Å². The van der Waals surface area contributed by atoms with Gasteiger partial charge in [0.25, 0.3) is 5.91 Å². The van der Waals surface area contributed by atoms with Gasteiger partial charge in [0.2, 0.25) is 5.91 Å². The van der Waals surface area contributed by atoms with E-state index in [-0.39, 0.29) is 24.2 Å². The second kappa shape index (κ2) is 15.1. The van der Waals surface area contributed by atoms with Crippen LogP contribution in [-0.2, 0) is 27.4 Å². The summed E-state index contributed by atoms with van der Waals surface area (Å²) < 4.78 is 5.48. The van der Waals surface area contributed by atoms with E-state index < -0.39 is 5.97 Å². The van der Waals surface area contributed by atoms with Gasteiger partial charge in [-0.2, -0.15) is 0 Å². The molecule has 3 aromatic rings. The lowest BCUT2D eigenvalue weighted by Crippen LogP contribution is -2.34. The van der Waals surface area contributed by atoms with Gasteiger partial charge in [0.15, 0.2) is 6.61 Å². The third-order valence-electron chi connectivity index (χ3n) is 6.89. The van der Waals surface area contributed by atoms with Crippen molar-refractivity contribution in [2.75, 3.05) is 18.9 Å². The number of carbonyl (C=O) groups is 3. The number of ether oxygens (including phenoxy) is 1. The molecule has 0 aromatic heterocycles. The van der Waals surface area contributed by atoms with Gasteiger partial charge in [0.05, 0.1) is 11.3 Å². The van der Waals surface area contributed by atoms with E-state index >= 15 is 0 Å². The quantitative estimate of drug-likeness (QED) is 0.228. The Labute approximate surface area is 235 Å². The maximum absolute atomic E-state index is 13.2. The zero-order valence-corrected chi connectivity index (χ0v) is 23.0.